The standard InChI is InChI=1S/C21H20ClN3O3/c1-2-11-28-21(27)24-9-10-25(19-8-7-18(26)12-16(19)13-23)20(14-24)15-3-5-17(22)6-4-15/h2-8,12,20,26H,1,9-11,14H2/t20-/m0/s1. The van der Waals surface area contributed by atoms with Crippen LogP contribution in [-0.4, -0.2) is 42.3 Å². The summed E-state index contributed by atoms with van der Waals surface area (Å²) in [5.74, 6) is 0.0370. The van der Waals surface area contributed by atoms with Gasteiger partial charge >= 0.3 is 6.09 Å². The van der Waals surface area contributed by atoms with Gasteiger partial charge in [-0.05, 0) is 35.9 Å². The fourth-order valence-corrected chi connectivity index (χ4v) is 3.42. The maximum Gasteiger partial charge on any atom is 0.410 e. The molecule has 1 aliphatic heterocycles. The number of rotatable bonds is 4. The van der Waals surface area contributed by atoms with Crippen LogP contribution in [-0.2, 0) is 4.74 Å². The maximum absolute atomic E-state index is 12.3. The van der Waals surface area contributed by atoms with Crippen molar-refractivity contribution in [3.63, 3.8) is 0 Å². The first-order chi connectivity index (χ1) is 13.5. The lowest BCUT2D eigenvalue weighted by Crippen LogP contribution is -2.51. The maximum atomic E-state index is 12.3. The van der Waals surface area contributed by atoms with Gasteiger partial charge in [0, 0.05) is 24.7 Å². The van der Waals surface area contributed by atoms with Crippen LogP contribution in [0.15, 0.2) is 55.1 Å². The van der Waals surface area contributed by atoms with Crippen molar-refractivity contribution < 1.29 is 14.6 Å². The van der Waals surface area contributed by atoms with Gasteiger partial charge in [0.2, 0.25) is 0 Å². The second-order valence-corrected chi connectivity index (χ2v) is 6.82. The first-order valence-corrected chi connectivity index (χ1v) is 9.19. The highest BCUT2D eigenvalue weighted by atomic mass is 35.5. The number of carbonyl (C=O) groups is 1. The van der Waals surface area contributed by atoms with Crippen molar-refractivity contribution in [2.75, 3.05) is 31.1 Å². The third-order valence-corrected chi connectivity index (χ3v) is 4.88. The van der Waals surface area contributed by atoms with Crippen LogP contribution in [0.2, 0.25) is 5.02 Å². The summed E-state index contributed by atoms with van der Waals surface area (Å²) in [6.45, 7) is 5.07. The summed E-state index contributed by atoms with van der Waals surface area (Å²) in [5.41, 5.74) is 2.04. The largest absolute Gasteiger partial charge is 0.508 e. The van der Waals surface area contributed by atoms with E-state index in [0.29, 0.717) is 35.9 Å². The van der Waals surface area contributed by atoms with Crippen molar-refractivity contribution in [1.82, 2.24) is 4.90 Å². The van der Waals surface area contributed by atoms with Gasteiger partial charge in [0.05, 0.1) is 17.3 Å². The van der Waals surface area contributed by atoms with Gasteiger partial charge < -0.3 is 19.6 Å². The summed E-state index contributed by atoms with van der Waals surface area (Å²) in [6.07, 6.45) is 1.13. The molecule has 2 aromatic carbocycles. The number of nitrogens with zero attached hydrogens (tertiary/aromatic N) is 3. The van der Waals surface area contributed by atoms with E-state index in [0.717, 1.165) is 5.56 Å². The molecule has 0 aliphatic carbocycles. The third-order valence-electron chi connectivity index (χ3n) is 4.63. The van der Waals surface area contributed by atoms with Gasteiger partial charge in [-0.3, -0.25) is 0 Å². The number of piperazine rings is 1. The smallest absolute Gasteiger partial charge is 0.410 e. The first-order valence-electron chi connectivity index (χ1n) is 8.81. The van der Waals surface area contributed by atoms with Gasteiger partial charge in [0.25, 0.3) is 0 Å². The Morgan fingerprint density at radius 3 is 2.75 bits per heavy atom. The predicted molar refractivity (Wildman–Crippen MR) is 107 cm³/mol. The summed E-state index contributed by atoms with van der Waals surface area (Å²) < 4.78 is 5.18. The number of nitriles is 1. The van der Waals surface area contributed by atoms with Crippen molar-refractivity contribution in [2.24, 2.45) is 0 Å². The number of phenolic OH excluding ortho intramolecular Hbond substituents is 1. The number of hydrogen-bond donors (Lipinski definition) is 1. The van der Waals surface area contributed by atoms with E-state index in [2.05, 4.69) is 17.5 Å². The molecule has 1 fully saturated rings. The molecule has 3 rings (SSSR count). The van der Waals surface area contributed by atoms with Gasteiger partial charge in [-0.15, -0.1) is 0 Å². The Labute approximate surface area is 168 Å². The molecular formula is C21H20ClN3O3. The van der Waals surface area contributed by atoms with Crippen LogP contribution in [0.1, 0.15) is 17.2 Å². The molecular weight excluding hydrogens is 378 g/mol. The lowest BCUT2D eigenvalue weighted by atomic mass is 10.00. The number of ether oxygens (including phenoxy) is 1. The van der Waals surface area contributed by atoms with E-state index < -0.39 is 6.09 Å². The highest BCUT2D eigenvalue weighted by Crippen LogP contribution is 2.34. The molecule has 1 atom stereocenters. The molecule has 0 aromatic heterocycles. The van der Waals surface area contributed by atoms with Crippen molar-refractivity contribution in [3.05, 3.63) is 71.3 Å². The van der Waals surface area contributed by atoms with Gasteiger partial charge in [-0.1, -0.05) is 36.4 Å². The molecule has 0 unspecified atom stereocenters. The predicted octanol–water partition coefficient (Wildman–Crippen LogP) is 4.10. The fourth-order valence-electron chi connectivity index (χ4n) is 3.29. The topological polar surface area (TPSA) is 76.8 Å². The van der Waals surface area contributed by atoms with Crippen LogP contribution in [0, 0.1) is 11.3 Å². The third kappa shape index (κ3) is 4.21. The second kappa shape index (κ2) is 8.68. The molecule has 1 N–H and O–H groups in total. The monoisotopic (exact) mass is 397 g/mol. The average Bonchev–Trinajstić information content (AvgIpc) is 2.72. The molecule has 28 heavy (non-hydrogen) atoms. The Kier molecular flexibility index (Phi) is 6.07. The van der Waals surface area contributed by atoms with Crippen molar-refractivity contribution in [2.45, 2.75) is 6.04 Å². The molecule has 1 aliphatic rings. The number of aromatic hydroxyl groups is 1. The molecule has 144 valence electrons. The SMILES string of the molecule is C=CCOC(=O)N1CCN(c2ccc(O)cc2C#N)[C@H](c2ccc(Cl)cc2)C1. The number of anilines is 1. The summed E-state index contributed by atoms with van der Waals surface area (Å²) >= 11 is 6.03. The summed E-state index contributed by atoms with van der Waals surface area (Å²) in [6, 6.07) is 14.1. The van der Waals surface area contributed by atoms with Crippen molar-refractivity contribution in [1.29, 1.82) is 5.26 Å². The number of phenols is 1. The zero-order valence-corrected chi connectivity index (χ0v) is 16.0. The fraction of sp³-hybridized carbons (Fsp3) is 0.238. The van der Waals surface area contributed by atoms with Crippen LogP contribution < -0.4 is 4.90 Å². The van der Waals surface area contributed by atoms with E-state index >= 15 is 0 Å². The molecule has 6 nitrogen and oxygen atoms in total. The summed E-state index contributed by atoms with van der Waals surface area (Å²) in [7, 11) is 0. The van der Waals surface area contributed by atoms with Crippen LogP contribution in [0.3, 0.4) is 0 Å². The van der Waals surface area contributed by atoms with Gasteiger partial charge in [0.15, 0.2) is 0 Å². The first kappa shape index (κ1) is 19.6. The Bertz CT molecular complexity index is 908. The van der Waals surface area contributed by atoms with Crippen LogP contribution in [0.25, 0.3) is 0 Å². The highest BCUT2D eigenvalue weighted by Gasteiger charge is 2.32. The zero-order chi connectivity index (χ0) is 20.1. The lowest BCUT2D eigenvalue weighted by molar-refractivity contribution is 0.104. The number of hydrogen-bond acceptors (Lipinski definition) is 5. The Hall–Kier alpha value is -3.17. The van der Waals surface area contributed by atoms with Gasteiger partial charge in [-0.25, -0.2) is 4.79 Å². The van der Waals surface area contributed by atoms with E-state index in [1.165, 1.54) is 12.1 Å². The molecule has 0 saturated carbocycles. The Morgan fingerprint density at radius 1 is 1.32 bits per heavy atom. The minimum Gasteiger partial charge on any atom is -0.508 e. The Balaban J connectivity index is 1.95. The van der Waals surface area contributed by atoms with E-state index in [-0.39, 0.29) is 18.4 Å². The number of carbonyl (C=O) groups excluding carboxylic acids is 1. The average molecular weight is 398 g/mol. The number of amides is 1. The number of benzene rings is 2. The molecule has 1 saturated heterocycles. The van der Waals surface area contributed by atoms with E-state index in [1.54, 1.807) is 29.2 Å². The van der Waals surface area contributed by atoms with E-state index in [9.17, 15) is 15.2 Å². The van der Waals surface area contributed by atoms with Crippen molar-refractivity contribution in [3.8, 4) is 11.8 Å². The van der Waals surface area contributed by atoms with Crippen LogP contribution >= 0.6 is 11.6 Å². The molecule has 0 spiro atoms. The zero-order valence-electron chi connectivity index (χ0n) is 15.2. The molecule has 2 aromatic rings. The Morgan fingerprint density at radius 2 is 2.07 bits per heavy atom. The summed E-state index contributed by atoms with van der Waals surface area (Å²) in [4.78, 5) is 16.0. The minimum atomic E-state index is -0.398. The quantitative estimate of drug-likeness (QED) is 0.786. The molecule has 0 radical (unpaired) electrons. The minimum absolute atomic E-state index is 0.0370. The molecule has 1 amide bonds. The van der Waals surface area contributed by atoms with Gasteiger partial charge in [0.1, 0.15) is 18.4 Å². The number of halogens is 1. The molecule has 1 heterocycles. The molecule has 7 heteroatoms. The lowest BCUT2D eigenvalue weighted by Gasteiger charge is -2.42. The summed E-state index contributed by atoms with van der Waals surface area (Å²) in [5, 5.41) is 19.8. The normalized spacial score (nSPS) is 16.4. The van der Waals surface area contributed by atoms with Crippen LogP contribution in [0.4, 0.5) is 10.5 Å². The van der Waals surface area contributed by atoms with Gasteiger partial charge in [-0.2, -0.15) is 5.26 Å². The highest BCUT2D eigenvalue weighted by molar-refractivity contribution is 6.30. The van der Waals surface area contributed by atoms with E-state index in [4.69, 9.17) is 16.3 Å². The van der Waals surface area contributed by atoms with Crippen LogP contribution in [0.5, 0.6) is 5.75 Å². The van der Waals surface area contributed by atoms with E-state index in [1.807, 2.05) is 12.1 Å². The van der Waals surface area contributed by atoms with Crippen molar-refractivity contribution >= 4 is 23.4 Å². The second-order valence-electron chi connectivity index (χ2n) is 6.39. The molecule has 0 bridgehead atoms.